The second-order valence-corrected chi connectivity index (χ2v) is 6.26. The van der Waals surface area contributed by atoms with Crippen LogP contribution in [0, 0.1) is 0 Å². The highest BCUT2D eigenvalue weighted by Crippen LogP contribution is 2.34. The van der Waals surface area contributed by atoms with Crippen LogP contribution in [-0.2, 0) is 16.0 Å². The summed E-state index contributed by atoms with van der Waals surface area (Å²) in [5.74, 6) is -1.78. The number of ketones is 1. The lowest BCUT2D eigenvalue weighted by atomic mass is 9.97. The van der Waals surface area contributed by atoms with E-state index in [-0.39, 0.29) is 22.8 Å². The van der Waals surface area contributed by atoms with Crippen molar-refractivity contribution < 1.29 is 19.5 Å². The van der Waals surface area contributed by atoms with Crippen molar-refractivity contribution in [2.75, 3.05) is 13.3 Å². The van der Waals surface area contributed by atoms with E-state index >= 15 is 0 Å². The van der Waals surface area contributed by atoms with Gasteiger partial charge in [-0.25, -0.2) is 0 Å². The zero-order valence-corrected chi connectivity index (χ0v) is 14.1. The number of carbonyl (C=O) groups excluding carboxylic acids is 2. The third kappa shape index (κ3) is 3.32. The molecule has 0 saturated carbocycles. The molecule has 0 radical (unpaired) electrons. The van der Waals surface area contributed by atoms with E-state index in [1.54, 1.807) is 25.4 Å². The Labute approximate surface area is 139 Å². The number of carboxylic acid groups (broad SMARTS) is 1. The Hall–Kier alpha value is -2.08. The van der Waals surface area contributed by atoms with Gasteiger partial charge in [0.05, 0.1) is 6.42 Å². The topological polar surface area (TPSA) is 74.7 Å². The third-order valence-corrected chi connectivity index (χ3v) is 4.92. The fraction of sp³-hybridized carbons (Fsp3) is 0.353. The fourth-order valence-corrected chi connectivity index (χ4v) is 3.57. The summed E-state index contributed by atoms with van der Waals surface area (Å²) >= 11 is 1.35. The molecule has 23 heavy (non-hydrogen) atoms. The summed E-state index contributed by atoms with van der Waals surface area (Å²) in [4.78, 5) is 37.6. The van der Waals surface area contributed by atoms with Crippen molar-refractivity contribution in [3.05, 3.63) is 46.5 Å². The second kappa shape index (κ2) is 7.00. The molecule has 5 nitrogen and oxygen atoms in total. The standard InChI is InChI=1S/C17H19NO4S/c1-4-10-5-7-11(8-6-10)15(21)14-12(9-13(19)20)16(22)18(2)17(14)23-3/h5-8,17H,4,9H2,1-3H3,(H,19,20)/t17-/m1/s1. The van der Waals surface area contributed by atoms with Gasteiger partial charge < -0.3 is 10.0 Å². The summed E-state index contributed by atoms with van der Waals surface area (Å²) in [6.45, 7) is 2.03. The van der Waals surface area contributed by atoms with Gasteiger partial charge in [0.2, 0.25) is 0 Å². The Bertz CT molecular complexity index is 678. The molecule has 1 atom stereocenters. The van der Waals surface area contributed by atoms with Gasteiger partial charge in [0.25, 0.3) is 5.91 Å². The molecule has 0 spiro atoms. The van der Waals surface area contributed by atoms with Crippen molar-refractivity contribution in [3.63, 3.8) is 0 Å². The van der Waals surface area contributed by atoms with Crippen LogP contribution in [-0.4, -0.2) is 46.3 Å². The van der Waals surface area contributed by atoms with E-state index in [1.807, 2.05) is 19.1 Å². The maximum absolute atomic E-state index is 12.9. The molecular weight excluding hydrogens is 314 g/mol. The van der Waals surface area contributed by atoms with Crippen LogP contribution in [0.3, 0.4) is 0 Å². The highest BCUT2D eigenvalue weighted by atomic mass is 32.2. The number of benzene rings is 1. The van der Waals surface area contributed by atoms with Gasteiger partial charge in [0.15, 0.2) is 5.78 Å². The average Bonchev–Trinajstić information content (AvgIpc) is 2.78. The van der Waals surface area contributed by atoms with E-state index in [0.717, 1.165) is 12.0 Å². The highest BCUT2D eigenvalue weighted by molar-refractivity contribution is 7.99. The van der Waals surface area contributed by atoms with Gasteiger partial charge >= 0.3 is 5.97 Å². The van der Waals surface area contributed by atoms with Crippen LogP contribution in [0.4, 0.5) is 0 Å². The zero-order valence-electron chi connectivity index (χ0n) is 13.3. The van der Waals surface area contributed by atoms with E-state index in [2.05, 4.69) is 0 Å². The quantitative estimate of drug-likeness (QED) is 0.809. The van der Waals surface area contributed by atoms with E-state index in [4.69, 9.17) is 5.11 Å². The minimum Gasteiger partial charge on any atom is -0.481 e. The maximum atomic E-state index is 12.9. The summed E-state index contributed by atoms with van der Waals surface area (Å²) < 4.78 is 0. The molecule has 1 aliphatic rings. The molecule has 1 aromatic carbocycles. The van der Waals surface area contributed by atoms with Gasteiger partial charge in [-0.3, -0.25) is 14.4 Å². The molecule has 0 bridgehead atoms. The lowest BCUT2D eigenvalue weighted by Gasteiger charge is -2.20. The number of thioether (sulfide) groups is 1. The Morgan fingerprint density at radius 3 is 2.35 bits per heavy atom. The number of nitrogens with zero attached hydrogens (tertiary/aromatic N) is 1. The molecule has 122 valence electrons. The predicted molar refractivity (Wildman–Crippen MR) is 89.5 cm³/mol. The summed E-state index contributed by atoms with van der Waals surface area (Å²) in [6, 6.07) is 7.21. The molecule has 1 aliphatic heterocycles. The Morgan fingerprint density at radius 2 is 1.87 bits per heavy atom. The van der Waals surface area contributed by atoms with Gasteiger partial charge in [0, 0.05) is 23.8 Å². The van der Waals surface area contributed by atoms with E-state index in [9.17, 15) is 14.4 Å². The highest BCUT2D eigenvalue weighted by Gasteiger charge is 2.40. The molecule has 0 fully saturated rings. The largest absolute Gasteiger partial charge is 0.481 e. The van der Waals surface area contributed by atoms with Crippen molar-refractivity contribution in [2.45, 2.75) is 25.1 Å². The third-order valence-electron chi connectivity index (χ3n) is 3.92. The van der Waals surface area contributed by atoms with Crippen LogP contribution in [0.25, 0.3) is 0 Å². The number of likely N-dealkylation sites (N-methyl/N-ethyl adjacent to an activating group) is 1. The summed E-state index contributed by atoms with van der Waals surface area (Å²) in [5.41, 5.74) is 1.96. The van der Waals surface area contributed by atoms with Gasteiger partial charge in [-0.1, -0.05) is 31.2 Å². The number of aryl methyl sites for hydroxylation is 1. The van der Waals surface area contributed by atoms with Crippen LogP contribution in [0.15, 0.2) is 35.4 Å². The number of Topliss-reactive ketones (excluding diaryl/α,β-unsaturated/α-hetero) is 1. The number of hydrogen-bond acceptors (Lipinski definition) is 4. The first-order valence-corrected chi connectivity index (χ1v) is 8.57. The lowest BCUT2D eigenvalue weighted by molar-refractivity contribution is -0.137. The van der Waals surface area contributed by atoms with E-state index < -0.39 is 17.8 Å². The van der Waals surface area contributed by atoms with Crippen LogP contribution in [0.1, 0.15) is 29.3 Å². The monoisotopic (exact) mass is 333 g/mol. The molecular formula is C17H19NO4S. The smallest absolute Gasteiger partial charge is 0.308 e. The lowest BCUT2D eigenvalue weighted by Crippen LogP contribution is -2.30. The second-order valence-electron chi connectivity index (χ2n) is 5.35. The summed E-state index contributed by atoms with van der Waals surface area (Å²) in [5, 5.41) is 8.60. The molecule has 0 aliphatic carbocycles. The van der Waals surface area contributed by atoms with Crippen LogP contribution in [0.5, 0.6) is 0 Å². The van der Waals surface area contributed by atoms with E-state index in [0.29, 0.717) is 5.56 Å². The predicted octanol–water partition coefficient (Wildman–Crippen LogP) is 2.36. The van der Waals surface area contributed by atoms with E-state index in [1.165, 1.54) is 16.7 Å². The molecule has 0 saturated heterocycles. The van der Waals surface area contributed by atoms with Crippen molar-refractivity contribution in [1.29, 1.82) is 0 Å². The van der Waals surface area contributed by atoms with Crippen LogP contribution >= 0.6 is 11.8 Å². The molecule has 0 unspecified atom stereocenters. The van der Waals surface area contributed by atoms with Crippen molar-refractivity contribution >= 4 is 29.4 Å². The molecule has 2 rings (SSSR count). The SMILES string of the molecule is CCc1ccc(C(=O)C2=C(CC(=O)O)C(=O)N(C)[C@@H]2SC)cc1. The first-order chi connectivity index (χ1) is 10.9. The summed E-state index contributed by atoms with van der Waals surface area (Å²) in [6.07, 6.45) is 2.23. The number of carboxylic acids is 1. The van der Waals surface area contributed by atoms with Crippen molar-refractivity contribution in [3.8, 4) is 0 Å². The van der Waals surface area contributed by atoms with Crippen molar-refractivity contribution in [1.82, 2.24) is 4.90 Å². The number of rotatable bonds is 6. The Morgan fingerprint density at radius 1 is 1.26 bits per heavy atom. The van der Waals surface area contributed by atoms with Crippen LogP contribution in [0.2, 0.25) is 0 Å². The molecule has 1 amide bonds. The van der Waals surface area contributed by atoms with Gasteiger partial charge in [-0.05, 0) is 18.2 Å². The summed E-state index contributed by atoms with van der Waals surface area (Å²) in [7, 11) is 1.59. The first kappa shape index (κ1) is 17.3. The molecule has 1 aromatic rings. The normalized spacial score (nSPS) is 17.8. The van der Waals surface area contributed by atoms with Crippen LogP contribution < -0.4 is 0 Å². The molecule has 0 aromatic heterocycles. The number of hydrogen-bond donors (Lipinski definition) is 1. The molecule has 6 heteroatoms. The minimum atomic E-state index is -1.12. The number of carbonyl (C=O) groups is 3. The zero-order chi connectivity index (χ0) is 17.1. The Balaban J connectivity index is 2.48. The first-order valence-electron chi connectivity index (χ1n) is 7.29. The minimum absolute atomic E-state index is 0.0870. The molecule has 1 heterocycles. The van der Waals surface area contributed by atoms with Gasteiger partial charge in [0.1, 0.15) is 5.37 Å². The van der Waals surface area contributed by atoms with Crippen molar-refractivity contribution in [2.24, 2.45) is 0 Å². The van der Waals surface area contributed by atoms with Gasteiger partial charge in [-0.15, -0.1) is 11.8 Å². The van der Waals surface area contributed by atoms with Gasteiger partial charge in [-0.2, -0.15) is 0 Å². The average molecular weight is 333 g/mol. The number of amides is 1. The fourth-order valence-electron chi connectivity index (χ4n) is 2.67. The maximum Gasteiger partial charge on any atom is 0.308 e. The molecule has 1 N–H and O–H groups in total. The Kier molecular flexibility index (Phi) is 5.26. The number of aliphatic carboxylic acids is 1.